The topological polar surface area (TPSA) is 111 Å². The number of ether oxygens (including phenoxy) is 1. The Morgan fingerprint density at radius 3 is 2.56 bits per heavy atom. The number of rotatable bonds is 8. The van der Waals surface area contributed by atoms with Gasteiger partial charge in [0.25, 0.3) is 15.9 Å². The number of hydrogen-bond donors (Lipinski definition) is 3. The Labute approximate surface area is 165 Å². The molecule has 0 saturated heterocycles. The van der Waals surface area contributed by atoms with E-state index in [1.165, 1.54) is 19.2 Å². The molecule has 0 unspecified atom stereocenters. The van der Waals surface area contributed by atoms with E-state index in [-0.39, 0.29) is 23.2 Å². The molecule has 27 heavy (non-hydrogen) atoms. The van der Waals surface area contributed by atoms with Crippen LogP contribution in [-0.4, -0.2) is 34.5 Å². The fourth-order valence-electron chi connectivity index (χ4n) is 2.34. The number of aryl methyl sites for hydroxylation is 1. The Balaban J connectivity index is 0.00000364. The van der Waals surface area contributed by atoms with Gasteiger partial charge >= 0.3 is 0 Å². The van der Waals surface area contributed by atoms with Gasteiger partial charge in [0.15, 0.2) is 0 Å². The second-order valence-corrected chi connectivity index (χ2v) is 7.36. The fourth-order valence-corrected chi connectivity index (χ4v) is 3.44. The van der Waals surface area contributed by atoms with E-state index in [9.17, 15) is 13.2 Å². The van der Waals surface area contributed by atoms with E-state index in [0.717, 1.165) is 0 Å². The van der Waals surface area contributed by atoms with Crippen LogP contribution in [0.15, 0.2) is 47.4 Å². The summed E-state index contributed by atoms with van der Waals surface area (Å²) >= 11 is 0. The molecule has 1 amide bonds. The lowest BCUT2D eigenvalue weighted by atomic mass is 10.1. The number of methoxy groups -OCH3 is 1. The van der Waals surface area contributed by atoms with Crippen LogP contribution in [0, 0.1) is 6.92 Å². The van der Waals surface area contributed by atoms with Gasteiger partial charge in [-0.25, -0.2) is 8.42 Å². The van der Waals surface area contributed by atoms with E-state index in [1.807, 2.05) is 0 Å². The number of carbonyl (C=O) groups excluding carboxylic acids is 1. The number of hydrogen-bond acceptors (Lipinski definition) is 5. The molecule has 148 valence electrons. The summed E-state index contributed by atoms with van der Waals surface area (Å²) in [4.78, 5) is 12.3. The highest BCUT2D eigenvalue weighted by Crippen LogP contribution is 2.26. The maximum absolute atomic E-state index is 12.7. The molecule has 7 nitrogen and oxygen atoms in total. The van der Waals surface area contributed by atoms with Crippen LogP contribution in [-0.2, 0) is 10.0 Å². The van der Waals surface area contributed by atoms with Gasteiger partial charge in [-0.15, -0.1) is 12.4 Å². The number of nitrogens with two attached hydrogens (primary N) is 1. The molecule has 2 aromatic rings. The van der Waals surface area contributed by atoms with Crippen LogP contribution in [0.2, 0.25) is 0 Å². The molecular weight excluding hydrogens is 390 g/mol. The standard InChI is InChI=1S/C18H23N3O4S.ClH/c1-13-8-9-14(12-15(13)18(22)20-11-5-10-19)26(23,24)21-16-6-3-4-7-17(16)25-2;/h3-4,6-9,12,21H,5,10-11,19H2,1-2H3,(H,20,22);1H. The fraction of sp³-hybridized carbons (Fsp3) is 0.278. The highest BCUT2D eigenvalue weighted by Gasteiger charge is 2.19. The second kappa shape index (κ2) is 10.1. The zero-order chi connectivity index (χ0) is 19.2. The minimum Gasteiger partial charge on any atom is -0.495 e. The Bertz CT molecular complexity index is 888. The minimum absolute atomic E-state index is 0. The molecule has 0 aliphatic heterocycles. The van der Waals surface area contributed by atoms with Gasteiger partial charge in [0.05, 0.1) is 17.7 Å². The van der Waals surface area contributed by atoms with E-state index in [2.05, 4.69) is 10.0 Å². The van der Waals surface area contributed by atoms with Crippen LogP contribution < -0.4 is 20.5 Å². The van der Waals surface area contributed by atoms with Crippen LogP contribution >= 0.6 is 12.4 Å². The van der Waals surface area contributed by atoms with Crippen molar-refractivity contribution >= 4 is 34.0 Å². The smallest absolute Gasteiger partial charge is 0.262 e. The van der Waals surface area contributed by atoms with Crippen LogP contribution in [0.5, 0.6) is 5.75 Å². The number of nitrogens with one attached hydrogen (secondary N) is 2. The molecule has 0 bridgehead atoms. The van der Waals surface area contributed by atoms with E-state index in [1.54, 1.807) is 37.3 Å². The van der Waals surface area contributed by atoms with Crippen LogP contribution in [0.1, 0.15) is 22.3 Å². The highest BCUT2D eigenvalue weighted by atomic mass is 35.5. The number of carbonyl (C=O) groups is 1. The predicted molar refractivity (Wildman–Crippen MR) is 108 cm³/mol. The maximum atomic E-state index is 12.7. The van der Waals surface area contributed by atoms with Crippen molar-refractivity contribution in [3.05, 3.63) is 53.6 Å². The van der Waals surface area contributed by atoms with Gasteiger partial charge < -0.3 is 15.8 Å². The third-order valence-corrected chi connectivity index (χ3v) is 5.14. The Morgan fingerprint density at radius 1 is 1.19 bits per heavy atom. The summed E-state index contributed by atoms with van der Waals surface area (Å²) in [6.45, 7) is 2.66. The van der Waals surface area contributed by atoms with Gasteiger partial charge in [0.2, 0.25) is 0 Å². The zero-order valence-electron chi connectivity index (χ0n) is 15.2. The average molecular weight is 414 g/mol. The molecule has 2 rings (SSSR count). The molecule has 0 aliphatic carbocycles. The lowest BCUT2D eigenvalue weighted by Gasteiger charge is -2.13. The van der Waals surface area contributed by atoms with Crippen molar-refractivity contribution in [3.8, 4) is 5.75 Å². The summed E-state index contributed by atoms with van der Waals surface area (Å²) in [7, 11) is -2.41. The van der Waals surface area contributed by atoms with Crippen LogP contribution in [0.25, 0.3) is 0 Å². The molecule has 9 heteroatoms. The van der Waals surface area contributed by atoms with Crippen molar-refractivity contribution in [1.82, 2.24) is 5.32 Å². The van der Waals surface area contributed by atoms with Crippen molar-refractivity contribution < 1.29 is 17.9 Å². The number of sulfonamides is 1. The van der Waals surface area contributed by atoms with Gasteiger partial charge in [-0.2, -0.15) is 0 Å². The average Bonchev–Trinajstić information content (AvgIpc) is 2.62. The minimum atomic E-state index is -3.87. The number of anilines is 1. The highest BCUT2D eigenvalue weighted by molar-refractivity contribution is 7.92. The largest absolute Gasteiger partial charge is 0.495 e. The summed E-state index contributed by atoms with van der Waals surface area (Å²) in [5, 5.41) is 2.73. The van der Waals surface area contributed by atoms with Gasteiger partial charge in [-0.05, 0) is 49.7 Å². The molecule has 0 heterocycles. The molecule has 0 spiro atoms. The zero-order valence-corrected chi connectivity index (χ0v) is 16.8. The summed E-state index contributed by atoms with van der Waals surface area (Å²) in [6, 6.07) is 11.1. The summed E-state index contributed by atoms with van der Waals surface area (Å²) in [5.41, 5.74) is 6.73. The van der Waals surface area contributed by atoms with Crippen molar-refractivity contribution in [2.75, 3.05) is 24.9 Å². The molecule has 0 saturated carbocycles. The first-order valence-electron chi connectivity index (χ1n) is 8.14. The predicted octanol–water partition coefficient (Wildman–Crippen LogP) is 2.30. The lowest BCUT2D eigenvalue weighted by molar-refractivity contribution is 0.0952. The second-order valence-electron chi connectivity index (χ2n) is 5.68. The van der Waals surface area contributed by atoms with Gasteiger partial charge in [-0.3, -0.25) is 9.52 Å². The van der Waals surface area contributed by atoms with E-state index >= 15 is 0 Å². The molecule has 0 radical (unpaired) electrons. The Hall–Kier alpha value is -2.29. The first kappa shape index (κ1) is 22.8. The first-order chi connectivity index (χ1) is 12.4. The third-order valence-electron chi connectivity index (χ3n) is 3.78. The van der Waals surface area contributed by atoms with Crippen molar-refractivity contribution in [1.29, 1.82) is 0 Å². The summed E-state index contributed by atoms with van der Waals surface area (Å²) < 4.78 is 33.1. The molecule has 0 fully saturated rings. The van der Waals surface area contributed by atoms with Crippen LogP contribution in [0.4, 0.5) is 5.69 Å². The van der Waals surface area contributed by atoms with Gasteiger partial charge in [0.1, 0.15) is 5.75 Å². The number of amides is 1. The SMILES string of the molecule is COc1ccccc1NS(=O)(=O)c1ccc(C)c(C(=O)NCCCN)c1.Cl. The lowest BCUT2D eigenvalue weighted by Crippen LogP contribution is -2.27. The molecule has 4 N–H and O–H groups in total. The normalized spacial score (nSPS) is 10.6. The van der Waals surface area contributed by atoms with E-state index in [0.29, 0.717) is 42.1 Å². The molecule has 0 aromatic heterocycles. The van der Waals surface area contributed by atoms with Crippen molar-refractivity contribution in [3.63, 3.8) is 0 Å². The Kier molecular flexibility index (Phi) is 8.55. The van der Waals surface area contributed by atoms with E-state index < -0.39 is 10.0 Å². The number of benzene rings is 2. The van der Waals surface area contributed by atoms with Gasteiger partial charge in [-0.1, -0.05) is 18.2 Å². The summed E-state index contributed by atoms with van der Waals surface area (Å²) in [6.07, 6.45) is 0.651. The van der Waals surface area contributed by atoms with E-state index in [4.69, 9.17) is 10.5 Å². The molecule has 0 atom stereocenters. The van der Waals surface area contributed by atoms with Gasteiger partial charge in [0, 0.05) is 12.1 Å². The summed E-state index contributed by atoms with van der Waals surface area (Å²) in [5.74, 6) is 0.0771. The molecule has 0 aliphatic rings. The maximum Gasteiger partial charge on any atom is 0.262 e. The van der Waals surface area contributed by atoms with Crippen molar-refractivity contribution in [2.45, 2.75) is 18.2 Å². The Morgan fingerprint density at radius 2 is 1.89 bits per heavy atom. The first-order valence-corrected chi connectivity index (χ1v) is 9.62. The molecule has 2 aromatic carbocycles. The molecular formula is C18H24ClN3O4S. The third kappa shape index (κ3) is 5.85. The number of para-hydroxylation sites is 2. The van der Waals surface area contributed by atoms with Crippen LogP contribution in [0.3, 0.4) is 0 Å². The monoisotopic (exact) mass is 413 g/mol. The van der Waals surface area contributed by atoms with Crippen molar-refractivity contribution in [2.24, 2.45) is 5.73 Å². The number of halogens is 1. The quantitative estimate of drug-likeness (QED) is 0.575.